The summed E-state index contributed by atoms with van der Waals surface area (Å²) >= 11 is 0. The van der Waals surface area contributed by atoms with Crippen LogP contribution in [0.3, 0.4) is 0 Å². The minimum Gasteiger partial charge on any atom is -0.497 e. The number of hydrogen-bond donors (Lipinski definition) is 1. The van der Waals surface area contributed by atoms with E-state index >= 15 is 0 Å². The smallest absolute Gasteiger partial charge is 0.240 e. The molecule has 2 aromatic carbocycles. The molecule has 24 heavy (non-hydrogen) atoms. The van der Waals surface area contributed by atoms with Crippen LogP contribution in [-0.2, 0) is 14.8 Å². The highest BCUT2D eigenvalue weighted by Gasteiger charge is 2.20. The number of hydrogen-bond acceptors (Lipinski definition) is 4. The summed E-state index contributed by atoms with van der Waals surface area (Å²) in [6, 6.07) is 12.7. The number of rotatable bonds is 7. The molecule has 0 aliphatic rings. The van der Waals surface area contributed by atoms with Crippen LogP contribution in [0.5, 0.6) is 5.75 Å². The Hall–Kier alpha value is -1.89. The Balaban J connectivity index is 2.19. The molecule has 2 aromatic rings. The van der Waals surface area contributed by atoms with E-state index in [1.807, 2.05) is 31.2 Å². The minimum atomic E-state index is -3.63. The van der Waals surface area contributed by atoms with Gasteiger partial charge in [0.1, 0.15) is 5.75 Å². The standard InChI is InChI=1S/C18H23NO4S/c1-13-7-5-6-8-16(13)17(23-4)12-19-24(20,21)18-10-9-15(22-3)11-14(18)2/h5-11,17,19H,12H2,1-4H3. The zero-order valence-corrected chi connectivity index (χ0v) is 15.2. The maximum absolute atomic E-state index is 12.6. The fraction of sp³-hybridized carbons (Fsp3) is 0.333. The molecule has 1 atom stereocenters. The number of aryl methyl sites for hydroxylation is 2. The predicted molar refractivity (Wildman–Crippen MR) is 93.8 cm³/mol. The van der Waals surface area contributed by atoms with Crippen molar-refractivity contribution in [1.82, 2.24) is 4.72 Å². The van der Waals surface area contributed by atoms with E-state index in [0.29, 0.717) is 11.3 Å². The summed E-state index contributed by atoms with van der Waals surface area (Å²) in [7, 11) is -0.506. The summed E-state index contributed by atoms with van der Waals surface area (Å²) < 4.78 is 38.4. The van der Waals surface area contributed by atoms with Gasteiger partial charge in [-0.1, -0.05) is 24.3 Å². The van der Waals surface area contributed by atoms with Crippen LogP contribution in [0.2, 0.25) is 0 Å². The Morgan fingerprint density at radius 1 is 1.04 bits per heavy atom. The number of methoxy groups -OCH3 is 2. The normalized spacial score (nSPS) is 12.8. The van der Waals surface area contributed by atoms with Gasteiger partial charge in [0, 0.05) is 13.7 Å². The van der Waals surface area contributed by atoms with Gasteiger partial charge in [-0.15, -0.1) is 0 Å². The van der Waals surface area contributed by atoms with Gasteiger partial charge in [0.05, 0.1) is 18.1 Å². The molecule has 0 saturated heterocycles. The molecule has 0 amide bonds. The second kappa shape index (κ2) is 7.79. The van der Waals surface area contributed by atoms with Crippen molar-refractivity contribution in [2.24, 2.45) is 0 Å². The van der Waals surface area contributed by atoms with Crippen LogP contribution in [0, 0.1) is 13.8 Å². The lowest BCUT2D eigenvalue weighted by molar-refractivity contribution is 0.107. The minimum absolute atomic E-state index is 0.162. The monoisotopic (exact) mass is 349 g/mol. The fourth-order valence-electron chi connectivity index (χ4n) is 2.58. The summed E-state index contributed by atoms with van der Waals surface area (Å²) in [5, 5.41) is 0. The van der Waals surface area contributed by atoms with Crippen LogP contribution in [0.4, 0.5) is 0 Å². The predicted octanol–water partition coefficient (Wildman–Crippen LogP) is 2.98. The molecule has 0 spiro atoms. The van der Waals surface area contributed by atoms with Gasteiger partial charge in [-0.2, -0.15) is 0 Å². The first kappa shape index (κ1) is 18.4. The molecule has 1 unspecified atom stereocenters. The summed E-state index contributed by atoms with van der Waals surface area (Å²) in [5.41, 5.74) is 2.66. The van der Waals surface area contributed by atoms with Crippen LogP contribution < -0.4 is 9.46 Å². The van der Waals surface area contributed by atoms with Crippen LogP contribution in [0.25, 0.3) is 0 Å². The van der Waals surface area contributed by atoms with Gasteiger partial charge in [0.15, 0.2) is 0 Å². The molecular formula is C18H23NO4S. The van der Waals surface area contributed by atoms with Gasteiger partial charge in [-0.3, -0.25) is 0 Å². The summed E-state index contributed by atoms with van der Waals surface area (Å²) in [5.74, 6) is 0.626. The van der Waals surface area contributed by atoms with Crippen LogP contribution in [0.1, 0.15) is 22.8 Å². The average Bonchev–Trinajstić information content (AvgIpc) is 2.56. The largest absolute Gasteiger partial charge is 0.497 e. The molecule has 0 saturated carbocycles. The van der Waals surface area contributed by atoms with Crippen molar-refractivity contribution in [3.8, 4) is 5.75 Å². The van der Waals surface area contributed by atoms with Crippen molar-refractivity contribution in [2.45, 2.75) is 24.8 Å². The van der Waals surface area contributed by atoms with Crippen molar-refractivity contribution in [3.63, 3.8) is 0 Å². The fourth-order valence-corrected chi connectivity index (χ4v) is 3.84. The van der Waals surface area contributed by atoms with E-state index in [4.69, 9.17) is 9.47 Å². The maximum Gasteiger partial charge on any atom is 0.240 e. The molecule has 6 heteroatoms. The maximum atomic E-state index is 12.6. The van der Waals surface area contributed by atoms with Crippen molar-refractivity contribution in [2.75, 3.05) is 20.8 Å². The van der Waals surface area contributed by atoms with Gasteiger partial charge in [0.25, 0.3) is 0 Å². The third kappa shape index (κ3) is 4.14. The molecule has 0 radical (unpaired) electrons. The van der Waals surface area contributed by atoms with Crippen molar-refractivity contribution in [3.05, 3.63) is 59.2 Å². The SMILES string of the molecule is COc1ccc(S(=O)(=O)NCC(OC)c2ccccc2C)c(C)c1. The Kier molecular flexibility index (Phi) is 5.99. The van der Waals surface area contributed by atoms with E-state index in [1.54, 1.807) is 39.3 Å². The average molecular weight is 349 g/mol. The second-order valence-corrected chi connectivity index (χ2v) is 7.30. The van der Waals surface area contributed by atoms with Crippen LogP contribution in [0.15, 0.2) is 47.4 Å². The highest BCUT2D eigenvalue weighted by atomic mass is 32.2. The topological polar surface area (TPSA) is 64.6 Å². The van der Waals surface area contributed by atoms with Gasteiger partial charge < -0.3 is 9.47 Å². The Morgan fingerprint density at radius 2 is 1.75 bits per heavy atom. The second-order valence-electron chi connectivity index (χ2n) is 5.56. The number of sulfonamides is 1. The Morgan fingerprint density at radius 3 is 2.33 bits per heavy atom. The lowest BCUT2D eigenvalue weighted by Gasteiger charge is -2.19. The van der Waals surface area contributed by atoms with E-state index in [-0.39, 0.29) is 17.5 Å². The van der Waals surface area contributed by atoms with E-state index in [0.717, 1.165) is 11.1 Å². The van der Waals surface area contributed by atoms with E-state index in [2.05, 4.69) is 4.72 Å². The Labute approximate surface area is 143 Å². The first-order valence-corrected chi connectivity index (χ1v) is 9.10. The molecule has 0 aliphatic carbocycles. The molecule has 0 fully saturated rings. The lowest BCUT2D eigenvalue weighted by Crippen LogP contribution is -2.30. The van der Waals surface area contributed by atoms with Gasteiger partial charge in [-0.25, -0.2) is 13.1 Å². The Bertz CT molecular complexity index is 802. The summed E-state index contributed by atoms with van der Waals surface area (Å²) in [6.45, 7) is 3.88. The van der Waals surface area contributed by atoms with E-state index in [9.17, 15) is 8.42 Å². The first-order valence-electron chi connectivity index (χ1n) is 7.61. The zero-order valence-electron chi connectivity index (χ0n) is 14.4. The highest BCUT2D eigenvalue weighted by molar-refractivity contribution is 7.89. The third-order valence-corrected chi connectivity index (χ3v) is 5.53. The number of nitrogens with one attached hydrogen (secondary N) is 1. The molecule has 1 N–H and O–H groups in total. The van der Waals surface area contributed by atoms with Crippen molar-refractivity contribution < 1.29 is 17.9 Å². The number of ether oxygens (including phenoxy) is 2. The third-order valence-electron chi connectivity index (χ3n) is 3.95. The quantitative estimate of drug-likeness (QED) is 0.835. The summed E-state index contributed by atoms with van der Waals surface area (Å²) in [6.07, 6.45) is -0.348. The van der Waals surface area contributed by atoms with E-state index < -0.39 is 10.0 Å². The van der Waals surface area contributed by atoms with E-state index in [1.165, 1.54) is 0 Å². The van der Waals surface area contributed by atoms with Crippen LogP contribution in [-0.4, -0.2) is 29.2 Å². The molecule has 5 nitrogen and oxygen atoms in total. The molecular weight excluding hydrogens is 326 g/mol. The van der Waals surface area contributed by atoms with Crippen molar-refractivity contribution >= 4 is 10.0 Å². The lowest BCUT2D eigenvalue weighted by atomic mass is 10.0. The summed E-state index contributed by atoms with van der Waals surface area (Å²) in [4.78, 5) is 0.239. The molecule has 0 aliphatic heterocycles. The van der Waals surface area contributed by atoms with Crippen molar-refractivity contribution in [1.29, 1.82) is 0 Å². The molecule has 0 heterocycles. The first-order chi connectivity index (χ1) is 11.4. The zero-order chi connectivity index (χ0) is 17.7. The number of benzene rings is 2. The van der Waals surface area contributed by atoms with Gasteiger partial charge in [0.2, 0.25) is 10.0 Å². The molecule has 0 aromatic heterocycles. The molecule has 130 valence electrons. The van der Waals surface area contributed by atoms with Gasteiger partial charge >= 0.3 is 0 Å². The highest BCUT2D eigenvalue weighted by Crippen LogP contribution is 2.23. The van der Waals surface area contributed by atoms with Crippen LogP contribution >= 0.6 is 0 Å². The molecule has 0 bridgehead atoms. The molecule has 2 rings (SSSR count). The van der Waals surface area contributed by atoms with Gasteiger partial charge in [-0.05, 0) is 48.7 Å².